The van der Waals surface area contributed by atoms with Gasteiger partial charge in [-0.1, -0.05) is 0 Å². The van der Waals surface area contributed by atoms with Gasteiger partial charge < -0.3 is 9.84 Å². The van der Waals surface area contributed by atoms with Crippen LogP contribution in [0, 0.1) is 0 Å². The second kappa shape index (κ2) is 4.70. The molecule has 2 rings (SSSR count). The van der Waals surface area contributed by atoms with Crippen molar-refractivity contribution in [1.29, 1.82) is 0 Å². The predicted octanol–water partition coefficient (Wildman–Crippen LogP) is 1.06. The minimum atomic E-state index is -0.464. The first-order chi connectivity index (χ1) is 8.33. The summed E-state index contributed by atoms with van der Waals surface area (Å²) in [6.07, 6.45) is 1.73. The molecule has 0 saturated carbocycles. The summed E-state index contributed by atoms with van der Waals surface area (Å²) in [6.45, 7) is 6.55. The number of carbonyl (C=O) groups excluding carboxylic acids is 1. The molecule has 2 bridgehead atoms. The predicted molar refractivity (Wildman–Crippen MR) is 68.4 cm³/mol. The lowest BCUT2D eigenvalue weighted by atomic mass is 10.0. The van der Waals surface area contributed by atoms with Crippen LogP contribution < -0.4 is 0 Å². The van der Waals surface area contributed by atoms with E-state index in [-0.39, 0.29) is 30.8 Å². The van der Waals surface area contributed by atoms with Gasteiger partial charge in [-0.05, 0) is 40.7 Å². The molecule has 2 fully saturated rings. The van der Waals surface area contributed by atoms with Gasteiger partial charge in [0.15, 0.2) is 0 Å². The summed E-state index contributed by atoms with van der Waals surface area (Å²) in [4.78, 5) is 16.3. The van der Waals surface area contributed by atoms with Crippen molar-refractivity contribution in [1.82, 2.24) is 9.80 Å². The van der Waals surface area contributed by atoms with E-state index in [0.717, 1.165) is 19.4 Å². The number of hydrogen-bond acceptors (Lipinski definition) is 4. The monoisotopic (exact) mass is 256 g/mol. The average molecular weight is 256 g/mol. The standard InChI is InChI=1S/C13H24N2O3/c1-13(2,3)18-12(17)15-9-5-6-10(15)11(8-16)14(4)7-9/h9-11,16H,5-8H2,1-4H3/t9-,10+,11-/m1/s1. The Morgan fingerprint density at radius 2 is 2.06 bits per heavy atom. The van der Waals surface area contributed by atoms with E-state index in [1.165, 1.54) is 0 Å². The van der Waals surface area contributed by atoms with E-state index in [1.807, 2.05) is 32.7 Å². The average Bonchev–Trinajstić information content (AvgIpc) is 2.53. The van der Waals surface area contributed by atoms with E-state index >= 15 is 0 Å². The molecule has 3 atom stereocenters. The molecular formula is C13H24N2O3. The number of hydrogen-bond donors (Lipinski definition) is 1. The molecule has 0 aromatic heterocycles. The molecule has 0 unspecified atom stereocenters. The van der Waals surface area contributed by atoms with Crippen LogP contribution in [-0.4, -0.2) is 64.9 Å². The number of carbonyl (C=O) groups is 1. The molecule has 104 valence electrons. The fraction of sp³-hybridized carbons (Fsp3) is 0.923. The van der Waals surface area contributed by atoms with Gasteiger partial charge in [0.05, 0.1) is 18.7 Å². The van der Waals surface area contributed by atoms with Crippen LogP contribution in [0.1, 0.15) is 33.6 Å². The van der Waals surface area contributed by atoms with Crippen molar-refractivity contribution < 1.29 is 14.6 Å². The van der Waals surface area contributed by atoms with E-state index in [1.54, 1.807) is 0 Å². The van der Waals surface area contributed by atoms with Crippen LogP contribution in [0.3, 0.4) is 0 Å². The third-order valence-corrected chi connectivity index (χ3v) is 3.85. The number of nitrogens with zero attached hydrogens (tertiary/aromatic N) is 2. The fourth-order valence-corrected chi connectivity index (χ4v) is 3.09. The van der Waals surface area contributed by atoms with Gasteiger partial charge in [0.2, 0.25) is 0 Å². The summed E-state index contributed by atoms with van der Waals surface area (Å²) in [5.74, 6) is 0. The first-order valence-corrected chi connectivity index (χ1v) is 6.66. The summed E-state index contributed by atoms with van der Waals surface area (Å²) < 4.78 is 5.47. The maximum absolute atomic E-state index is 12.2. The largest absolute Gasteiger partial charge is 0.444 e. The van der Waals surface area contributed by atoms with Crippen molar-refractivity contribution in [3.63, 3.8) is 0 Å². The smallest absolute Gasteiger partial charge is 0.410 e. The maximum atomic E-state index is 12.2. The zero-order valence-electron chi connectivity index (χ0n) is 11.7. The van der Waals surface area contributed by atoms with Crippen LogP contribution in [0.25, 0.3) is 0 Å². The third-order valence-electron chi connectivity index (χ3n) is 3.85. The van der Waals surface area contributed by atoms with E-state index in [0.29, 0.717) is 0 Å². The SMILES string of the molecule is CN1C[C@H]2CC[C@@H]([C@H]1CO)N2C(=O)OC(C)(C)C. The quantitative estimate of drug-likeness (QED) is 0.762. The second-order valence-corrected chi connectivity index (χ2v) is 6.38. The number of amides is 1. The highest BCUT2D eigenvalue weighted by atomic mass is 16.6. The molecule has 0 aliphatic carbocycles. The van der Waals surface area contributed by atoms with E-state index in [4.69, 9.17) is 4.74 Å². The lowest BCUT2D eigenvalue weighted by Crippen LogP contribution is -2.61. The molecule has 18 heavy (non-hydrogen) atoms. The van der Waals surface area contributed by atoms with Gasteiger partial charge in [-0.3, -0.25) is 9.80 Å². The molecule has 2 saturated heterocycles. The Morgan fingerprint density at radius 3 is 2.61 bits per heavy atom. The zero-order valence-corrected chi connectivity index (χ0v) is 11.7. The topological polar surface area (TPSA) is 53.0 Å². The fourth-order valence-electron chi connectivity index (χ4n) is 3.09. The number of aliphatic hydroxyl groups excluding tert-OH is 1. The maximum Gasteiger partial charge on any atom is 0.410 e. The van der Waals surface area contributed by atoms with Crippen LogP contribution in [0.15, 0.2) is 0 Å². The molecule has 0 aromatic carbocycles. The Labute approximate surface area is 109 Å². The minimum absolute atomic E-state index is 0.0382. The highest BCUT2D eigenvalue weighted by Gasteiger charge is 2.48. The van der Waals surface area contributed by atoms with Gasteiger partial charge >= 0.3 is 6.09 Å². The van der Waals surface area contributed by atoms with Gasteiger partial charge in [-0.25, -0.2) is 4.79 Å². The molecule has 2 aliphatic heterocycles. The number of fused-ring (bicyclic) bond motifs is 2. The summed E-state index contributed by atoms with van der Waals surface area (Å²) in [7, 11) is 2.01. The van der Waals surface area contributed by atoms with Crippen molar-refractivity contribution in [2.45, 2.75) is 57.3 Å². The zero-order chi connectivity index (χ0) is 13.5. The first-order valence-electron chi connectivity index (χ1n) is 6.66. The van der Waals surface area contributed by atoms with Crippen LogP contribution in [-0.2, 0) is 4.74 Å². The third kappa shape index (κ3) is 2.47. The van der Waals surface area contributed by atoms with Crippen LogP contribution in [0.5, 0.6) is 0 Å². The van der Waals surface area contributed by atoms with Crippen molar-refractivity contribution >= 4 is 6.09 Å². The molecule has 5 nitrogen and oxygen atoms in total. The Hall–Kier alpha value is -0.810. The number of piperazine rings is 1. The molecule has 0 radical (unpaired) electrons. The molecule has 2 aliphatic rings. The number of rotatable bonds is 1. The molecule has 1 amide bonds. The highest BCUT2D eigenvalue weighted by Crippen LogP contribution is 2.34. The summed E-state index contributed by atoms with van der Waals surface area (Å²) in [6, 6.07) is 0.363. The second-order valence-electron chi connectivity index (χ2n) is 6.38. The number of ether oxygens (including phenoxy) is 1. The lowest BCUT2D eigenvalue weighted by molar-refractivity contribution is -0.0258. The molecule has 0 spiro atoms. The summed E-state index contributed by atoms with van der Waals surface area (Å²) >= 11 is 0. The first kappa shape index (κ1) is 13.6. The van der Waals surface area contributed by atoms with Crippen LogP contribution in [0.4, 0.5) is 4.79 Å². The van der Waals surface area contributed by atoms with Crippen molar-refractivity contribution in [2.24, 2.45) is 0 Å². The van der Waals surface area contributed by atoms with Gasteiger partial charge in [0.25, 0.3) is 0 Å². The Bertz CT molecular complexity index is 327. The molecule has 0 aromatic rings. The van der Waals surface area contributed by atoms with Gasteiger partial charge in [0.1, 0.15) is 5.60 Å². The normalized spacial score (nSPS) is 32.7. The van der Waals surface area contributed by atoms with Crippen molar-refractivity contribution in [3.05, 3.63) is 0 Å². The Kier molecular flexibility index (Phi) is 3.56. The van der Waals surface area contributed by atoms with E-state index in [9.17, 15) is 9.90 Å². The van der Waals surface area contributed by atoms with Gasteiger partial charge in [-0.15, -0.1) is 0 Å². The number of likely N-dealkylation sites (tertiary alicyclic amines) is 1. The molecule has 2 heterocycles. The molecule has 5 heteroatoms. The Morgan fingerprint density at radius 1 is 1.39 bits per heavy atom. The van der Waals surface area contributed by atoms with E-state index in [2.05, 4.69) is 4.90 Å². The molecular weight excluding hydrogens is 232 g/mol. The van der Waals surface area contributed by atoms with Crippen molar-refractivity contribution in [3.8, 4) is 0 Å². The van der Waals surface area contributed by atoms with Crippen LogP contribution >= 0.6 is 0 Å². The minimum Gasteiger partial charge on any atom is -0.444 e. The van der Waals surface area contributed by atoms with Crippen LogP contribution in [0.2, 0.25) is 0 Å². The highest BCUT2D eigenvalue weighted by molar-refractivity contribution is 5.70. The molecule has 1 N–H and O–H groups in total. The number of aliphatic hydroxyl groups is 1. The van der Waals surface area contributed by atoms with Gasteiger partial charge in [0, 0.05) is 12.6 Å². The van der Waals surface area contributed by atoms with Crippen molar-refractivity contribution in [2.75, 3.05) is 20.2 Å². The Balaban J connectivity index is 2.12. The van der Waals surface area contributed by atoms with E-state index < -0.39 is 5.60 Å². The lowest BCUT2D eigenvalue weighted by Gasteiger charge is -2.44. The van der Waals surface area contributed by atoms with Gasteiger partial charge in [-0.2, -0.15) is 0 Å². The number of likely N-dealkylation sites (N-methyl/N-ethyl adjacent to an activating group) is 1. The summed E-state index contributed by atoms with van der Waals surface area (Å²) in [5, 5.41) is 9.49. The summed E-state index contributed by atoms with van der Waals surface area (Å²) in [5.41, 5.74) is -0.464.